The number of sulfonamides is 1. The monoisotopic (exact) mass is 365 g/mol. The summed E-state index contributed by atoms with van der Waals surface area (Å²) in [7, 11) is -3.06. The Morgan fingerprint density at radius 2 is 2.05 bits per heavy atom. The predicted molar refractivity (Wildman–Crippen MR) is 62.8 cm³/mol. The highest BCUT2D eigenvalue weighted by molar-refractivity contribution is 9.10. The zero-order chi connectivity index (χ0) is 14.8. The molecule has 0 aromatic carbocycles. The van der Waals surface area contributed by atoms with Crippen LogP contribution in [0.1, 0.15) is 12.2 Å². The lowest BCUT2D eigenvalue weighted by Crippen LogP contribution is -2.30. The molecule has 0 unspecified atom stereocenters. The van der Waals surface area contributed by atoms with Crippen molar-refractivity contribution in [2.24, 2.45) is 0 Å². The van der Waals surface area contributed by atoms with Crippen molar-refractivity contribution in [3.8, 4) is 0 Å². The van der Waals surface area contributed by atoms with Crippen molar-refractivity contribution < 1.29 is 31.1 Å². The number of aliphatic hydroxyl groups is 1. The number of furan rings is 1. The number of hydrogen-bond donors (Lipinski definition) is 1. The molecule has 10 heteroatoms. The summed E-state index contributed by atoms with van der Waals surface area (Å²) in [5, 5.41) is 8.82. The van der Waals surface area contributed by atoms with Crippen LogP contribution in [0.15, 0.2) is 20.0 Å². The van der Waals surface area contributed by atoms with Gasteiger partial charge in [-0.2, -0.15) is 13.2 Å². The van der Waals surface area contributed by atoms with Crippen molar-refractivity contribution >= 4 is 26.0 Å². The minimum absolute atomic E-state index is 0.00493. The van der Waals surface area contributed by atoms with Crippen LogP contribution in [0.5, 0.6) is 0 Å². The molecule has 0 amide bonds. The molecule has 1 aromatic heterocycles. The van der Waals surface area contributed by atoms with Gasteiger partial charge in [-0.25, -0.2) is 12.7 Å². The van der Waals surface area contributed by atoms with E-state index in [1.165, 1.54) is 0 Å². The highest BCUT2D eigenvalue weighted by Crippen LogP contribution is 2.29. The summed E-state index contributed by atoms with van der Waals surface area (Å²) in [4.78, 5) is -0.318. The summed E-state index contributed by atoms with van der Waals surface area (Å²) in [6.45, 7) is -1.21. The van der Waals surface area contributed by atoms with Gasteiger partial charge in [0.1, 0.15) is 17.3 Å². The van der Waals surface area contributed by atoms with Gasteiger partial charge in [0, 0.05) is 19.7 Å². The molecule has 0 aliphatic rings. The maximum Gasteiger partial charge on any atom is 0.390 e. The molecule has 0 aliphatic carbocycles. The second kappa shape index (κ2) is 5.81. The van der Waals surface area contributed by atoms with E-state index in [-0.39, 0.29) is 15.3 Å². The topological polar surface area (TPSA) is 70.8 Å². The van der Waals surface area contributed by atoms with Gasteiger partial charge in [-0.05, 0) is 15.9 Å². The number of halogens is 4. The number of aliphatic hydroxyl groups excluding tert-OH is 1. The summed E-state index contributed by atoms with van der Waals surface area (Å²) in [6, 6.07) is 1.06. The lowest BCUT2D eigenvalue weighted by Gasteiger charge is -2.17. The maximum absolute atomic E-state index is 12.1. The van der Waals surface area contributed by atoms with Gasteiger partial charge < -0.3 is 9.52 Å². The number of hydrogen-bond acceptors (Lipinski definition) is 4. The Kier molecular flexibility index (Phi) is 5.04. The normalized spacial score (nSPS) is 13.2. The second-order valence-corrected chi connectivity index (χ2v) is 6.43. The van der Waals surface area contributed by atoms with Crippen LogP contribution >= 0.6 is 15.9 Å². The molecule has 0 atom stereocenters. The molecule has 0 saturated carbocycles. The third-order valence-electron chi connectivity index (χ3n) is 2.26. The van der Waals surface area contributed by atoms with E-state index >= 15 is 0 Å². The SMILES string of the molecule is CN(CCC(F)(F)F)S(=O)(=O)c1cc(CO)oc1Br. The lowest BCUT2D eigenvalue weighted by molar-refractivity contribution is -0.135. The molecule has 1 heterocycles. The third-order valence-corrected chi connectivity index (χ3v) is 4.97. The summed E-state index contributed by atoms with van der Waals surface area (Å²) in [6.07, 6.45) is -5.68. The molecule has 19 heavy (non-hydrogen) atoms. The Hall–Kier alpha value is -0.580. The molecule has 110 valence electrons. The van der Waals surface area contributed by atoms with Crippen molar-refractivity contribution in [2.45, 2.75) is 24.1 Å². The van der Waals surface area contributed by atoms with Crippen molar-refractivity contribution in [3.63, 3.8) is 0 Å². The van der Waals surface area contributed by atoms with E-state index in [9.17, 15) is 21.6 Å². The summed E-state index contributed by atoms with van der Waals surface area (Å²) >= 11 is 2.85. The smallest absolute Gasteiger partial charge is 0.390 e. The zero-order valence-electron chi connectivity index (χ0n) is 9.74. The van der Waals surface area contributed by atoms with Crippen molar-refractivity contribution in [2.75, 3.05) is 13.6 Å². The Morgan fingerprint density at radius 3 is 2.47 bits per heavy atom. The van der Waals surface area contributed by atoms with Gasteiger partial charge in [0.05, 0.1) is 6.42 Å². The fourth-order valence-electron chi connectivity index (χ4n) is 1.22. The highest BCUT2D eigenvalue weighted by Gasteiger charge is 2.32. The van der Waals surface area contributed by atoms with Crippen molar-refractivity contribution in [1.82, 2.24) is 4.31 Å². The molecule has 1 rings (SSSR count). The number of nitrogens with zero attached hydrogens (tertiary/aromatic N) is 1. The largest absolute Gasteiger partial charge is 0.450 e. The zero-order valence-corrected chi connectivity index (χ0v) is 12.1. The number of rotatable bonds is 5. The average molecular weight is 366 g/mol. The molecule has 0 radical (unpaired) electrons. The van der Waals surface area contributed by atoms with Gasteiger partial charge in [-0.1, -0.05) is 0 Å². The van der Waals surface area contributed by atoms with Gasteiger partial charge >= 0.3 is 6.18 Å². The Balaban J connectivity index is 2.93. The van der Waals surface area contributed by atoms with Crippen LogP contribution in [0, 0.1) is 0 Å². The second-order valence-electron chi connectivity index (χ2n) is 3.70. The first kappa shape index (κ1) is 16.5. The fourth-order valence-corrected chi connectivity index (χ4v) is 3.35. The summed E-state index contributed by atoms with van der Waals surface area (Å²) in [5.74, 6) is -0.00493. The van der Waals surface area contributed by atoms with Crippen LogP contribution < -0.4 is 0 Å². The van der Waals surface area contributed by atoms with Crippen LogP contribution in [0.4, 0.5) is 13.2 Å². The van der Waals surface area contributed by atoms with Gasteiger partial charge in [0.15, 0.2) is 4.67 Å². The Morgan fingerprint density at radius 1 is 1.47 bits per heavy atom. The first-order chi connectivity index (χ1) is 8.58. The van der Waals surface area contributed by atoms with Crippen molar-refractivity contribution in [1.29, 1.82) is 0 Å². The van der Waals surface area contributed by atoms with Gasteiger partial charge in [-0.15, -0.1) is 0 Å². The molecular formula is C9H11BrF3NO4S. The summed E-state index contributed by atoms with van der Waals surface area (Å²) in [5.41, 5.74) is 0. The van der Waals surface area contributed by atoms with E-state index in [4.69, 9.17) is 9.52 Å². The minimum atomic E-state index is -4.44. The van der Waals surface area contributed by atoms with E-state index in [0.29, 0.717) is 4.31 Å². The van der Waals surface area contributed by atoms with Crippen LogP contribution in [-0.4, -0.2) is 37.6 Å². The van der Waals surface area contributed by atoms with Crippen LogP contribution in [-0.2, 0) is 16.6 Å². The molecule has 0 aliphatic heterocycles. The Labute approximate surface area is 116 Å². The van der Waals surface area contributed by atoms with Gasteiger partial charge in [-0.3, -0.25) is 0 Å². The van der Waals surface area contributed by atoms with E-state index in [2.05, 4.69) is 15.9 Å². The third kappa shape index (κ3) is 4.20. The van der Waals surface area contributed by atoms with Gasteiger partial charge in [0.2, 0.25) is 10.0 Å². The summed E-state index contributed by atoms with van der Waals surface area (Å²) < 4.78 is 65.5. The van der Waals surface area contributed by atoms with Gasteiger partial charge in [0.25, 0.3) is 0 Å². The molecule has 1 N–H and O–H groups in total. The quantitative estimate of drug-likeness (QED) is 0.867. The van der Waals surface area contributed by atoms with Crippen LogP contribution in [0.2, 0.25) is 0 Å². The van der Waals surface area contributed by atoms with E-state index in [0.717, 1.165) is 13.1 Å². The van der Waals surface area contributed by atoms with Crippen LogP contribution in [0.25, 0.3) is 0 Å². The number of alkyl halides is 3. The lowest BCUT2D eigenvalue weighted by atomic mass is 10.4. The first-order valence-electron chi connectivity index (χ1n) is 5.00. The predicted octanol–water partition coefficient (Wildman–Crippen LogP) is 2.11. The molecule has 0 spiro atoms. The highest BCUT2D eigenvalue weighted by atomic mass is 79.9. The van der Waals surface area contributed by atoms with Crippen LogP contribution in [0.3, 0.4) is 0 Å². The molecule has 0 fully saturated rings. The maximum atomic E-state index is 12.1. The molecule has 0 bridgehead atoms. The minimum Gasteiger partial charge on any atom is -0.450 e. The standard InChI is InChI=1S/C9H11BrF3NO4S/c1-14(3-2-9(11,12)13)19(16,17)7-4-6(5-15)18-8(7)10/h4,15H,2-3,5H2,1H3. The molecule has 5 nitrogen and oxygen atoms in total. The fraction of sp³-hybridized carbons (Fsp3) is 0.556. The Bertz CT molecular complexity index is 540. The molecule has 1 aromatic rings. The van der Waals surface area contributed by atoms with E-state index < -0.39 is 35.8 Å². The van der Waals surface area contributed by atoms with E-state index in [1.807, 2.05) is 0 Å². The average Bonchev–Trinajstić information content (AvgIpc) is 2.67. The first-order valence-corrected chi connectivity index (χ1v) is 7.23. The van der Waals surface area contributed by atoms with E-state index in [1.54, 1.807) is 0 Å². The molecular weight excluding hydrogens is 355 g/mol. The molecule has 0 saturated heterocycles. The van der Waals surface area contributed by atoms with Crippen molar-refractivity contribution in [3.05, 3.63) is 16.5 Å².